The van der Waals surface area contributed by atoms with Crippen LogP contribution in [-0.2, 0) is 14.3 Å². The number of methoxy groups -OCH3 is 1. The minimum atomic E-state index is -0.719. The average Bonchev–Trinajstić information content (AvgIpc) is 2.66. The molecule has 6 heteroatoms. The highest BCUT2D eigenvalue weighted by Crippen LogP contribution is 2.16. The number of esters is 1. The second kappa shape index (κ2) is 9.48. The molecular formula is C20H21NO5. The largest absolute Gasteiger partial charge is 0.452 e. The van der Waals surface area contributed by atoms with Gasteiger partial charge >= 0.3 is 5.97 Å². The van der Waals surface area contributed by atoms with Crippen molar-refractivity contribution in [2.75, 3.05) is 26.9 Å². The summed E-state index contributed by atoms with van der Waals surface area (Å²) in [7, 11) is 1.52. The number of benzene rings is 2. The molecule has 0 fully saturated rings. The molecular weight excluding hydrogens is 334 g/mol. The van der Waals surface area contributed by atoms with Crippen LogP contribution in [-0.4, -0.2) is 44.5 Å². The van der Waals surface area contributed by atoms with Crippen molar-refractivity contribution in [1.82, 2.24) is 5.32 Å². The monoisotopic (exact) mass is 355 g/mol. The molecule has 0 saturated carbocycles. The standard InChI is InChI=1S/C20H21NO5/c1-14-7-9-15(10-8-14)19(23)16-5-3-4-6-17(16)20(24)26-13-18(22)21-11-12-25-2/h3-10H,11-13H2,1-2H3,(H,21,22). The van der Waals surface area contributed by atoms with Crippen LogP contribution >= 0.6 is 0 Å². The lowest BCUT2D eigenvalue weighted by Crippen LogP contribution is -2.31. The lowest BCUT2D eigenvalue weighted by Gasteiger charge is -2.09. The van der Waals surface area contributed by atoms with Crippen molar-refractivity contribution in [2.45, 2.75) is 6.92 Å². The highest BCUT2D eigenvalue weighted by Gasteiger charge is 2.19. The molecule has 0 radical (unpaired) electrons. The number of carbonyl (C=O) groups is 3. The van der Waals surface area contributed by atoms with E-state index in [1.807, 2.05) is 19.1 Å². The Balaban J connectivity index is 2.08. The molecule has 2 aromatic carbocycles. The maximum absolute atomic E-state index is 12.7. The lowest BCUT2D eigenvalue weighted by atomic mass is 9.98. The number of hydrogen-bond donors (Lipinski definition) is 1. The average molecular weight is 355 g/mol. The minimum Gasteiger partial charge on any atom is -0.452 e. The third-order valence-electron chi connectivity index (χ3n) is 3.67. The zero-order valence-corrected chi connectivity index (χ0v) is 14.8. The van der Waals surface area contributed by atoms with Gasteiger partial charge in [-0.3, -0.25) is 9.59 Å². The van der Waals surface area contributed by atoms with Gasteiger partial charge in [-0.2, -0.15) is 0 Å². The first-order valence-corrected chi connectivity index (χ1v) is 8.16. The maximum Gasteiger partial charge on any atom is 0.339 e. The molecule has 26 heavy (non-hydrogen) atoms. The summed E-state index contributed by atoms with van der Waals surface area (Å²) in [6, 6.07) is 13.5. The minimum absolute atomic E-state index is 0.128. The molecule has 0 bridgehead atoms. The molecule has 136 valence electrons. The summed E-state index contributed by atoms with van der Waals surface area (Å²) in [5.74, 6) is -1.43. The van der Waals surface area contributed by atoms with Crippen LogP contribution in [0.25, 0.3) is 0 Å². The molecule has 6 nitrogen and oxygen atoms in total. The highest BCUT2D eigenvalue weighted by molar-refractivity contribution is 6.14. The predicted octanol–water partition coefficient (Wildman–Crippen LogP) is 2.15. The van der Waals surface area contributed by atoms with E-state index in [9.17, 15) is 14.4 Å². The summed E-state index contributed by atoms with van der Waals surface area (Å²) in [6.07, 6.45) is 0. The van der Waals surface area contributed by atoms with E-state index in [2.05, 4.69) is 5.32 Å². The molecule has 1 N–H and O–H groups in total. The van der Waals surface area contributed by atoms with Crippen LogP contribution in [0.2, 0.25) is 0 Å². The number of ketones is 1. The van der Waals surface area contributed by atoms with Gasteiger partial charge in [-0.25, -0.2) is 4.79 Å². The van der Waals surface area contributed by atoms with Crippen molar-refractivity contribution in [3.63, 3.8) is 0 Å². The van der Waals surface area contributed by atoms with Crippen molar-refractivity contribution < 1.29 is 23.9 Å². The Morgan fingerprint density at radius 1 is 0.962 bits per heavy atom. The van der Waals surface area contributed by atoms with Gasteiger partial charge in [-0.15, -0.1) is 0 Å². The Labute approximate surface area is 152 Å². The van der Waals surface area contributed by atoms with Gasteiger partial charge < -0.3 is 14.8 Å². The molecule has 0 heterocycles. The van der Waals surface area contributed by atoms with Gasteiger partial charge in [0.05, 0.1) is 12.2 Å². The lowest BCUT2D eigenvalue weighted by molar-refractivity contribution is -0.124. The van der Waals surface area contributed by atoms with Gasteiger partial charge in [0.1, 0.15) is 0 Å². The molecule has 0 aliphatic heterocycles. The van der Waals surface area contributed by atoms with Gasteiger partial charge in [0, 0.05) is 24.8 Å². The summed E-state index contributed by atoms with van der Waals surface area (Å²) in [4.78, 5) is 36.6. The molecule has 0 aliphatic rings. The van der Waals surface area contributed by atoms with Crippen molar-refractivity contribution >= 4 is 17.7 Å². The molecule has 0 saturated heterocycles. The predicted molar refractivity (Wildman–Crippen MR) is 96.2 cm³/mol. The fourth-order valence-electron chi connectivity index (χ4n) is 2.27. The van der Waals surface area contributed by atoms with Gasteiger partial charge in [0.25, 0.3) is 5.91 Å². The summed E-state index contributed by atoms with van der Waals surface area (Å²) in [6.45, 7) is 2.20. The third-order valence-corrected chi connectivity index (χ3v) is 3.67. The van der Waals surface area contributed by atoms with Crippen LogP contribution in [0, 0.1) is 6.92 Å². The first-order chi connectivity index (χ1) is 12.5. The van der Waals surface area contributed by atoms with Crippen molar-refractivity contribution in [1.29, 1.82) is 0 Å². The Bertz CT molecular complexity index is 783. The first kappa shape index (κ1) is 19.3. The van der Waals surface area contributed by atoms with Gasteiger partial charge in [0.2, 0.25) is 0 Å². The summed E-state index contributed by atoms with van der Waals surface area (Å²) < 4.78 is 9.84. The smallest absolute Gasteiger partial charge is 0.339 e. The highest BCUT2D eigenvalue weighted by atomic mass is 16.5. The maximum atomic E-state index is 12.7. The quantitative estimate of drug-likeness (QED) is 0.446. The Morgan fingerprint density at radius 3 is 2.27 bits per heavy atom. The van der Waals surface area contributed by atoms with Gasteiger partial charge in [-0.1, -0.05) is 48.0 Å². The van der Waals surface area contributed by atoms with Crippen molar-refractivity contribution in [3.8, 4) is 0 Å². The molecule has 2 aromatic rings. The molecule has 0 spiro atoms. The number of carbonyl (C=O) groups excluding carboxylic acids is 3. The van der Waals surface area contributed by atoms with Crippen molar-refractivity contribution in [2.24, 2.45) is 0 Å². The van der Waals surface area contributed by atoms with Crippen LogP contribution < -0.4 is 5.32 Å². The molecule has 0 atom stereocenters. The normalized spacial score (nSPS) is 10.2. The van der Waals surface area contributed by atoms with Gasteiger partial charge in [0.15, 0.2) is 12.4 Å². The van der Waals surface area contributed by atoms with E-state index in [-0.39, 0.29) is 16.9 Å². The Hall–Kier alpha value is -2.99. The second-order valence-electron chi connectivity index (χ2n) is 5.66. The number of hydrogen-bond acceptors (Lipinski definition) is 5. The zero-order valence-electron chi connectivity index (χ0n) is 14.8. The first-order valence-electron chi connectivity index (χ1n) is 8.16. The number of nitrogens with one attached hydrogen (secondary N) is 1. The summed E-state index contributed by atoms with van der Waals surface area (Å²) in [5, 5.41) is 2.55. The molecule has 0 unspecified atom stereocenters. The Morgan fingerprint density at radius 2 is 1.62 bits per heavy atom. The molecule has 2 rings (SSSR count). The van der Waals surface area contributed by atoms with E-state index >= 15 is 0 Å². The topological polar surface area (TPSA) is 81.7 Å². The number of rotatable bonds is 8. The molecule has 1 amide bonds. The number of ether oxygens (including phenoxy) is 2. The van der Waals surface area contributed by atoms with Crippen LogP contribution in [0.5, 0.6) is 0 Å². The summed E-state index contributed by atoms with van der Waals surface area (Å²) in [5.41, 5.74) is 1.88. The van der Waals surface area contributed by atoms with Crippen LogP contribution in [0.15, 0.2) is 48.5 Å². The van der Waals surface area contributed by atoms with E-state index in [1.54, 1.807) is 30.3 Å². The van der Waals surface area contributed by atoms with E-state index in [4.69, 9.17) is 9.47 Å². The number of aryl methyl sites for hydroxylation is 1. The SMILES string of the molecule is COCCNC(=O)COC(=O)c1ccccc1C(=O)c1ccc(C)cc1. The van der Waals surface area contributed by atoms with Gasteiger partial charge in [-0.05, 0) is 13.0 Å². The third kappa shape index (κ3) is 5.26. The Kier molecular flexibility index (Phi) is 7.05. The van der Waals surface area contributed by atoms with E-state index in [1.165, 1.54) is 13.2 Å². The zero-order chi connectivity index (χ0) is 18.9. The fraction of sp³-hybridized carbons (Fsp3) is 0.250. The van der Waals surface area contributed by atoms with Crippen LogP contribution in [0.3, 0.4) is 0 Å². The van der Waals surface area contributed by atoms with E-state index in [0.29, 0.717) is 18.7 Å². The second-order valence-corrected chi connectivity index (χ2v) is 5.66. The molecule has 0 aromatic heterocycles. The summed E-state index contributed by atoms with van der Waals surface area (Å²) >= 11 is 0. The number of amides is 1. The van der Waals surface area contributed by atoms with Crippen LogP contribution in [0.1, 0.15) is 31.8 Å². The fourth-order valence-corrected chi connectivity index (χ4v) is 2.27. The molecule has 0 aliphatic carbocycles. The van der Waals surface area contributed by atoms with Crippen molar-refractivity contribution in [3.05, 3.63) is 70.8 Å². The van der Waals surface area contributed by atoms with Crippen LogP contribution in [0.4, 0.5) is 0 Å². The van der Waals surface area contributed by atoms with E-state index in [0.717, 1.165) is 5.56 Å². The van der Waals surface area contributed by atoms with E-state index < -0.39 is 18.5 Å².